The Morgan fingerprint density at radius 1 is 1.73 bits per heavy atom. The first-order valence-electron chi connectivity index (χ1n) is 4.19. The number of hydrogen-bond acceptors (Lipinski definition) is 2. The van der Waals surface area contributed by atoms with E-state index in [9.17, 15) is 0 Å². The zero-order chi connectivity index (χ0) is 8.10. The summed E-state index contributed by atoms with van der Waals surface area (Å²) >= 11 is 0. The van der Waals surface area contributed by atoms with Crippen molar-refractivity contribution >= 4 is 0 Å². The molecule has 0 aliphatic carbocycles. The molecule has 0 aromatic heterocycles. The second-order valence-corrected chi connectivity index (χ2v) is 3.15. The van der Waals surface area contributed by atoms with E-state index >= 15 is 0 Å². The Morgan fingerprint density at radius 3 is 3.09 bits per heavy atom. The molecule has 1 aliphatic heterocycles. The summed E-state index contributed by atoms with van der Waals surface area (Å²) in [5.74, 6) is 0.538. The van der Waals surface area contributed by atoms with Gasteiger partial charge in [0.2, 0.25) is 0 Å². The minimum Gasteiger partial charge on any atom is -0.392 e. The highest BCUT2D eigenvalue weighted by Gasteiger charge is 2.10. The molecule has 64 valence electrons. The molecule has 1 saturated heterocycles. The lowest BCUT2D eigenvalue weighted by Crippen LogP contribution is -2.15. The summed E-state index contributed by atoms with van der Waals surface area (Å²) in [6.45, 7) is 3.87. The highest BCUT2D eigenvalue weighted by molar-refractivity contribution is 5.01. The van der Waals surface area contributed by atoms with Crippen LogP contribution in [0.25, 0.3) is 0 Å². The van der Waals surface area contributed by atoms with Gasteiger partial charge in [0.15, 0.2) is 0 Å². The van der Waals surface area contributed by atoms with Crippen LogP contribution in [0.3, 0.4) is 0 Å². The van der Waals surface area contributed by atoms with Gasteiger partial charge in [-0.25, -0.2) is 0 Å². The van der Waals surface area contributed by atoms with Gasteiger partial charge in [0.25, 0.3) is 0 Å². The molecule has 0 radical (unpaired) electrons. The molecular weight excluding hydrogens is 140 g/mol. The first kappa shape index (κ1) is 8.75. The molecule has 1 aliphatic rings. The minimum absolute atomic E-state index is 0.177. The predicted octanol–water partition coefficient (Wildman–Crippen LogP) is 1.35. The van der Waals surface area contributed by atoms with E-state index in [4.69, 9.17) is 9.84 Å². The van der Waals surface area contributed by atoms with Gasteiger partial charge in [0.05, 0.1) is 13.2 Å². The van der Waals surface area contributed by atoms with Crippen molar-refractivity contribution in [1.82, 2.24) is 0 Å². The molecule has 2 heteroatoms. The summed E-state index contributed by atoms with van der Waals surface area (Å²) in [5.41, 5.74) is 1.06. The summed E-state index contributed by atoms with van der Waals surface area (Å²) in [6, 6.07) is 0. The SMILES string of the molecule is C/C(=C\C1CCCOC1)CO. The van der Waals surface area contributed by atoms with Crippen molar-refractivity contribution in [2.75, 3.05) is 19.8 Å². The number of aliphatic hydroxyl groups excluding tert-OH is 1. The largest absolute Gasteiger partial charge is 0.392 e. The van der Waals surface area contributed by atoms with Crippen LogP contribution in [-0.2, 0) is 4.74 Å². The normalized spacial score (nSPS) is 27.1. The number of hydrogen-bond donors (Lipinski definition) is 1. The quantitative estimate of drug-likeness (QED) is 0.611. The maximum Gasteiger partial charge on any atom is 0.0639 e. The molecule has 0 aromatic carbocycles. The standard InChI is InChI=1S/C9H16O2/c1-8(6-10)5-9-3-2-4-11-7-9/h5,9-10H,2-4,6-7H2,1H3/b8-5+. The Balaban J connectivity index is 2.34. The van der Waals surface area contributed by atoms with Crippen LogP contribution in [0.15, 0.2) is 11.6 Å². The predicted molar refractivity (Wildman–Crippen MR) is 44.4 cm³/mol. The van der Waals surface area contributed by atoms with Crippen molar-refractivity contribution < 1.29 is 9.84 Å². The fourth-order valence-corrected chi connectivity index (χ4v) is 1.35. The van der Waals surface area contributed by atoms with Crippen LogP contribution >= 0.6 is 0 Å². The van der Waals surface area contributed by atoms with E-state index in [1.54, 1.807) is 0 Å². The highest BCUT2D eigenvalue weighted by Crippen LogP contribution is 2.15. The van der Waals surface area contributed by atoms with Crippen molar-refractivity contribution in [1.29, 1.82) is 0 Å². The molecule has 1 atom stereocenters. The van der Waals surface area contributed by atoms with E-state index in [2.05, 4.69) is 6.08 Å². The summed E-state index contributed by atoms with van der Waals surface area (Å²) < 4.78 is 5.30. The summed E-state index contributed by atoms with van der Waals surface area (Å²) in [4.78, 5) is 0. The first-order valence-corrected chi connectivity index (χ1v) is 4.19. The molecule has 11 heavy (non-hydrogen) atoms. The molecule has 2 nitrogen and oxygen atoms in total. The number of aliphatic hydroxyl groups is 1. The maximum atomic E-state index is 8.76. The van der Waals surface area contributed by atoms with Crippen molar-refractivity contribution in [3.05, 3.63) is 11.6 Å². The van der Waals surface area contributed by atoms with Crippen LogP contribution in [0.4, 0.5) is 0 Å². The van der Waals surface area contributed by atoms with Crippen LogP contribution in [0.1, 0.15) is 19.8 Å². The molecule has 1 fully saturated rings. The van der Waals surface area contributed by atoms with E-state index < -0.39 is 0 Å². The second kappa shape index (κ2) is 4.52. The molecule has 0 aromatic rings. The zero-order valence-electron chi connectivity index (χ0n) is 7.05. The lowest BCUT2D eigenvalue weighted by molar-refractivity contribution is 0.0706. The van der Waals surface area contributed by atoms with Gasteiger partial charge in [-0.05, 0) is 19.8 Å². The second-order valence-electron chi connectivity index (χ2n) is 3.15. The highest BCUT2D eigenvalue weighted by atomic mass is 16.5. The molecule has 1 heterocycles. The van der Waals surface area contributed by atoms with Gasteiger partial charge in [-0.3, -0.25) is 0 Å². The Bertz CT molecular complexity index is 134. The summed E-state index contributed by atoms with van der Waals surface area (Å²) in [5, 5.41) is 8.76. The molecular formula is C9H16O2. The fourth-order valence-electron chi connectivity index (χ4n) is 1.35. The van der Waals surface area contributed by atoms with Gasteiger partial charge >= 0.3 is 0 Å². The van der Waals surface area contributed by atoms with E-state index in [1.165, 1.54) is 6.42 Å². The maximum absolute atomic E-state index is 8.76. The smallest absolute Gasteiger partial charge is 0.0639 e. The molecule has 0 amide bonds. The first-order chi connectivity index (χ1) is 5.33. The van der Waals surface area contributed by atoms with Gasteiger partial charge < -0.3 is 9.84 Å². The van der Waals surface area contributed by atoms with Crippen molar-refractivity contribution in [2.45, 2.75) is 19.8 Å². The summed E-state index contributed by atoms with van der Waals surface area (Å²) in [6.07, 6.45) is 4.48. The third kappa shape index (κ3) is 3.04. The average Bonchev–Trinajstić information content (AvgIpc) is 2.06. The van der Waals surface area contributed by atoms with Gasteiger partial charge in [-0.1, -0.05) is 11.6 Å². The topological polar surface area (TPSA) is 29.5 Å². The van der Waals surface area contributed by atoms with E-state index in [0.29, 0.717) is 5.92 Å². The Morgan fingerprint density at radius 2 is 2.55 bits per heavy atom. The lowest BCUT2D eigenvalue weighted by Gasteiger charge is -2.19. The van der Waals surface area contributed by atoms with Gasteiger partial charge in [-0.2, -0.15) is 0 Å². The average molecular weight is 156 g/mol. The Kier molecular flexibility index (Phi) is 3.60. The zero-order valence-corrected chi connectivity index (χ0v) is 7.05. The third-order valence-electron chi connectivity index (χ3n) is 1.97. The van der Waals surface area contributed by atoms with Crippen LogP contribution in [0.5, 0.6) is 0 Å². The molecule has 1 unspecified atom stereocenters. The van der Waals surface area contributed by atoms with Gasteiger partial charge in [0, 0.05) is 12.5 Å². The van der Waals surface area contributed by atoms with Crippen LogP contribution in [0, 0.1) is 5.92 Å². The fraction of sp³-hybridized carbons (Fsp3) is 0.778. The molecule has 0 bridgehead atoms. The van der Waals surface area contributed by atoms with Crippen LogP contribution in [0.2, 0.25) is 0 Å². The van der Waals surface area contributed by atoms with Crippen molar-refractivity contribution in [2.24, 2.45) is 5.92 Å². The van der Waals surface area contributed by atoms with Gasteiger partial charge in [-0.15, -0.1) is 0 Å². The van der Waals surface area contributed by atoms with Crippen molar-refractivity contribution in [3.8, 4) is 0 Å². The lowest BCUT2D eigenvalue weighted by atomic mass is 10.00. The van der Waals surface area contributed by atoms with E-state index in [1.807, 2.05) is 6.92 Å². The van der Waals surface area contributed by atoms with Gasteiger partial charge in [0.1, 0.15) is 0 Å². The Hall–Kier alpha value is -0.340. The number of ether oxygens (including phenoxy) is 1. The monoisotopic (exact) mass is 156 g/mol. The molecule has 0 saturated carbocycles. The van der Waals surface area contributed by atoms with Crippen molar-refractivity contribution in [3.63, 3.8) is 0 Å². The minimum atomic E-state index is 0.177. The molecule has 0 spiro atoms. The number of rotatable bonds is 2. The Labute approximate surface area is 67.9 Å². The van der Waals surface area contributed by atoms with Crippen LogP contribution < -0.4 is 0 Å². The molecule has 1 rings (SSSR count). The van der Waals surface area contributed by atoms with E-state index in [0.717, 1.165) is 25.2 Å². The summed E-state index contributed by atoms with van der Waals surface area (Å²) in [7, 11) is 0. The van der Waals surface area contributed by atoms with E-state index in [-0.39, 0.29) is 6.61 Å². The third-order valence-corrected chi connectivity index (χ3v) is 1.97. The van der Waals surface area contributed by atoms with Crippen LogP contribution in [-0.4, -0.2) is 24.9 Å². The molecule has 1 N–H and O–H groups in total.